The molecule has 144 valence electrons. The van der Waals surface area contributed by atoms with E-state index in [2.05, 4.69) is 0 Å². The van der Waals surface area contributed by atoms with Crippen molar-refractivity contribution >= 4 is 34.8 Å². The first-order valence-corrected chi connectivity index (χ1v) is 8.82. The Morgan fingerprint density at radius 3 is 2.15 bits per heavy atom. The number of benzene rings is 2. The maximum atomic E-state index is 13.2. The standard InChI is InChI=1S/C18H15Cl2F3N2O2/c19-14-2-1-3-15(20)16(14)24-6-8-25(9-7-24)17(27)12-10-11(26)4-5-13(12)18(21,22)23/h1-5,10,26H,6-9H2. The third-order valence-corrected chi connectivity index (χ3v) is 4.97. The lowest BCUT2D eigenvalue weighted by Gasteiger charge is -2.37. The molecular weight excluding hydrogens is 404 g/mol. The summed E-state index contributed by atoms with van der Waals surface area (Å²) >= 11 is 12.4. The lowest BCUT2D eigenvalue weighted by atomic mass is 10.0. The molecule has 0 unspecified atom stereocenters. The van der Waals surface area contributed by atoms with E-state index in [0.717, 1.165) is 12.1 Å². The first kappa shape index (κ1) is 19.6. The van der Waals surface area contributed by atoms with Gasteiger partial charge in [0.15, 0.2) is 0 Å². The number of aromatic hydroxyl groups is 1. The Kier molecular flexibility index (Phi) is 5.44. The fourth-order valence-corrected chi connectivity index (χ4v) is 3.69. The van der Waals surface area contributed by atoms with Crippen molar-refractivity contribution in [1.82, 2.24) is 4.90 Å². The number of hydrogen-bond donors (Lipinski definition) is 1. The molecule has 0 saturated carbocycles. The number of rotatable bonds is 2. The second kappa shape index (κ2) is 7.48. The SMILES string of the molecule is O=C(c1cc(O)ccc1C(F)(F)F)N1CCN(c2c(Cl)cccc2Cl)CC1. The smallest absolute Gasteiger partial charge is 0.417 e. The molecule has 0 aliphatic carbocycles. The summed E-state index contributed by atoms with van der Waals surface area (Å²) in [6, 6.07) is 7.58. The molecule has 3 rings (SSSR count). The van der Waals surface area contributed by atoms with E-state index in [1.165, 1.54) is 4.90 Å². The highest BCUT2D eigenvalue weighted by atomic mass is 35.5. The van der Waals surface area contributed by atoms with Crippen LogP contribution in [0.2, 0.25) is 10.0 Å². The van der Waals surface area contributed by atoms with Gasteiger partial charge in [0.25, 0.3) is 5.91 Å². The van der Waals surface area contributed by atoms with Crippen LogP contribution in [0.3, 0.4) is 0 Å². The second-order valence-electron chi connectivity index (χ2n) is 6.08. The highest BCUT2D eigenvalue weighted by Gasteiger charge is 2.37. The quantitative estimate of drug-likeness (QED) is 0.769. The molecule has 0 atom stereocenters. The Balaban J connectivity index is 1.79. The highest BCUT2D eigenvalue weighted by molar-refractivity contribution is 6.39. The van der Waals surface area contributed by atoms with Crippen LogP contribution in [-0.4, -0.2) is 42.1 Å². The van der Waals surface area contributed by atoms with Gasteiger partial charge in [-0.2, -0.15) is 13.2 Å². The van der Waals surface area contributed by atoms with Crippen molar-refractivity contribution in [3.05, 3.63) is 57.6 Å². The van der Waals surface area contributed by atoms with Gasteiger partial charge in [0.1, 0.15) is 5.75 Å². The number of carbonyl (C=O) groups excluding carboxylic acids is 1. The summed E-state index contributed by atoms with van der Waals surface area (Å²) in [4.78, 5) is 15.9. The van der Waals surface area contributed by atoms with Crippen molar-refractivity contribution < 1.29 is 23.1 Å². The molecule has 1 N–H and O–H groups in total. The minimum atomic E-state index is -4.69. The monoisotopic (exact) mass is 418 g/mol. The largest absolute Gasteiger partial charge is 0.508 e. The Bertz CT molecular complexity index is 846. The van der Waals surface area contributed by atoms with E-state index >= 15 is 0 Å². The highest BCUT2D eigenvalue weighted by Crippen LogP contribution is 2.36. The van der Waals surface area contributed by atoms with E-state index in [4.69, 9.17) is 23.2 Å². The molecule has 2 aromatic carbocycles. The molecule has 0 radical (unpaired) electrons. The van der Waals surface area contributed by atoms with Crippen LogP contribution in [0.1, 0.15) is 15.9 Å². The normalized spacial score (nSPS) is 15.1. The van der Waals surface area contributed by atoms with Gasteiger partial charge in [-0.1, -0.05) is 29.3 Å². The minimum Gasteiger partial charge on any atom is -0.508 e. The fraction of sp³-hybridized carbons (Fsp3) is 0.278. The van der Waals surface area contributed by atoms with Gasteiger partial charge >= 0.3 is 6.18 Å². The molecule has 1 fully saturated rings. The number of hydrogen-bond acceptors (Lipinski definition) is 3. The molecule has 1 aliphatic rings. The van der Waals surface area contributed by atoms with Crippen LogP contribution in [0.5, 0.6) is 5.75 Å². The molecule has 1 aliphatic heterocycles. The number of halogens is 5. The van der Waals surface area contributed by atoms with E-state index in [1.807, 2.05) is 4.90 Å². The van der Waals surface area contributed by atoms with Gasteiger partial charge in [0.2, 0.25) is 0 Å². The van der Waals surface area contributed by atoms with Crippen molar-refractivity contribution in [2.75, 3.05) is 31.1 Å². The van der Waals surface area contributed by atoms with Crippen molar-refractivity contribution in [3.63, 3.8) is 0 Å². The molecular formula is C18H15Cl2F3N2O2. The summed E-state index contributed by atoms with van der Waals surface area (Å²) < 4.78 is 39.6. The zero-order valence-electron chi connectivity index (χ0n) is 13.9. The van der Waals surface area contributed by atoms with Crippen LogP contribution in [0.4, 0.5) is 18.9 Å². The third-order valence-electron chi connectivity index (χ3n) is 4.36. The van der Waals surface area contributed by atoms with Gasteiger partial charge in [-0.3, -0.25) is 4.79 Å². The predicted octanol–water partition coefficient (Wildman–Crippen LogP) is 4.68. The van der Waals surface area contributed by atoms with Crippen LogP contribution < -0.4 is 4.90 Å². The van der Waals surface area contributed by atoms with Gasteiger partial charge in [-0.05, 0) is 30.3 Å². The van der Waals surface area contributed by atoms with E-state index in [1.54, 1.807) is 18.2 Å². The van der Waals surface area contributed by atoms with Crippen molar-refractivity contribution in [1.29, 1.82) is 0 Å². The van der Waals surface area contributed by atoms with Gasteiger partial charge in [-0.25, -0.2) is 0 Å². The number of anilines is 1. The molecule has 1 saturated heterocycles. The van der Waals surface area contributed by atoms with Crippen LogP contribution >= 0.6 is 23.2 Å². The summed E-state index contributed by atoms with van der Waals surface area (Å²) in [7, 11) is 0. The topological polar surface area (TPSA) is 43.8 Å². The number of amides is 1. The van der Waals surface area contributed by atoms with Crippen LogP contribution in [0.25, 0.3) is 0 Å². The maximum Gasteiger partial charge on any atom is 0.417 e. The first-order valence-electron chi connectivity index (χ1n) is 8.07. The van der Waals surface area contributed by atoms with Crippen molar-refractivity contribution in [3.8, 4) is 5.75 Å². The predicted molar refractivity (Wildman–Crippen MR) is 97.7 cm³/mol. The van der Waals surface area contributed by atoms with E-state index in [0.29, 0.717) is 34.9 Å². The molecule has 0 bridgehead atoms. The van der Waals surface area contributed by atoms with E-state index in [-0.39, 0.29) is 13.1 Å². The zero-order valence-corrected chi connectivity index (χ0v) is 15.4. The zero-order chi connectivity index (χ0) is 19.8. The number of alkyl halides is 3. The van der Waals surface area contributed by atoms with Crippen molar-refractivity contribution in [2.45, 2.75) is 6.18 Å². The summed E-state index contributed by atoms with van der Waals surface area (Å²) in [5.41, 5.74) is -0.991. The average Bonchev–Trinajstić information content (AvgIpc) is 2.60. The van der Waals surface area contributed by atoms with Crippen LogP contribution in [0, 0.1) is 0 Å². The van der Waals surface area contributed by atoms with Gasteiger partial charge in [0, 0.05) is 26.2 Å². The average molecular weight is 419 g/mol. The molecule has 0 aromatic heterocycles. The Labute approximate surface area is 163 Å². The Morgan fingerprint density at radius 2 is 1.59 bits per heavy atom. The van der Waals surface area contributed by atoms with Crippen LogP contribution in [-0.2, 0) is 6.18 Å². The van der Waals surface area contributed by atoms with E-state index in [9.17, 15) is 23.1 Å². The number of phenols is 1. The summed E-state index contributed by atoms with van der Waals surface area (Å²) in [6.45, 7) is 1.14. The third kappa shape index (κ3) is 4.09. The number of piperazine rings is 1. The second-order valence-corrected chi connectivity index (χ2v) is 6.89. The van der Waals surface area contributed by atoms with E-state index < -0.39 is 29.0 Å². The van der Waals surface area contributed by atoms with Gasteiger partial charge in [-0.15, -0.1) is 0 Å². The summed E-state index contributed by atoms with van der Waals surface area (Å²) in [5, 5.41) is 10.5. The maximum absolute atomic E-state index is 13.2. The first-order chi connectivity index (χ1) is 12.7. The summed E-state index contributed by atoms with van der Waals surface area (Å²) in [6.07, 6.45) is -4.69. The molecule has 2 aromatic rings. The van der Waals surface area contributed by atoms with Crippen molar-refractivity contribution in [2.24, 2.45) is 0 Å². The molecule has 1 amide bonds. The number of para-hydroxylation sites is 1. The molecule has 9 heteroatoms. The Hall–Kier alpha value is -2.12. The minimum absolute atomic E-state index is 0.202. The van der Waals surface area contributed by atoms with Gasteiger partial charge < -0.3 is 14.9 Å². The Morgan fingerprint density at radius 1 is 1.00 bits per heavy atom. The number of carbonyl (C=O) groups is 1. The molecule has 0 spiro atoms. The fourth-order valence-electron chi connectivity index (χ4n) is 3.05. The molecule has 27 heavy (non-hydrogen) atoms. The summed E-state index contributed by atoms with van der Waals surface area (Å²) in [5.74, 6) is -1.17. The number of nitrogens with zero attached hydrogens (tertiary/aromatic N) is 2. The number of phenolic OH excluding ortho intramolecular Hbond substituents is 1. The van der Waals surface area contributed by atoms with Crippen LogP contribution in [0.15, 0.2) is 36.4 Å². The van der Waals surface area contributed by atoms with Gasteiger partial charge in [0.05, 0.1) is 26.9 Å². The lowest BCUT2D eigenvalue weighted by Crippen LogP contribution is -2.49. The molecule has 4 nitrogen and oxygen atoms in total. The molecule has 1 heterocycles. The lowest BCUT2D eigenvalue weighted by molar-refractivity contribution is -0.138.